The molecule has 1 fully saturated rings. The summed E-state index contributed by atoms with van der Waals surface area (Å²) in [5.74, 6) is 0.696. The van der Waals surface area contributed by atoms with Gasteiger partial charge in [0.2, 0.25) is 5.91 Å². The van der Waals surface area contributed by atoms with Crippen molar-refractivity contribution >= 4 is 23.3 Å². The second kappa shape index (κ2) is 9.57. The van der Waals surface area contributed by atoms with Crippen LogP contribution in [0, 0.1) is 25.2 Å². The van der Waals surface area contributed by atoms with E-state index in [4.69, 9.17) is 4.74 Å². The minimum absolute atomic E-state index is 0.0483. The number of rotatable bonds is 5. The van der Waals surface area contributed by atoms with Crippen LogP contribution in [0.4, 0.5) is 11.5 Å². The monoisotopic (exact) mass is 449 g/mol. The number of aromatic nitrogens is 1. The predicted octanol–water partition coefficient (Wildman–Crippen LogP) is 3.43. The van der Waals surface area contributed by atoms with Crippen LogP contribution in [0.1, 0.15) is 55.0 Å². The Morgan fingerprint density at radius 3 is 2.61 bits per heavy atom. The molecule has 2 aliphatic rings. The van der Waals surface area contributed by atoms with Crippen LogP contribution in [0.25, 0.3) is 0 Å². The summed E-state index contributed by atoms with van der Waals surface area (Å²) < 4.78 is 7.99. The molecular weight excluding hydrogens is 418 g/mol. The molecule has 0 radical (unpaired) electrons. The summed E-state index contributed by atoms with van der Waals surface area (Å²) in [6.45, 7) is 4.27. The number of carbonyl (C=O) groups excluding carboxylic acids is 2. The van der Waals surface area contributed by atoms with Crippen molar-refractivity contribution < 1.29 is 14.3 Å². The van der Waals surface area contributed by atoms with E-state index in [1.807, 2.05) is 36.9 Å². The van der Waals surface area contributed by atoms with Crippen LogP contribution in [0.5, 0.6) is 5.75 Å². The average Bonchev–Trinajstić information content (AvgIpc) is 3.07. The standard InChI is InChI=1S/C25H31N5O3/c1-16-17(2)30(18-9-5-4-6-10-18)24(19(16)13-26)28-23(31)15-29-14-22(25(32)27-3)33-21-12-8-7-11-20(21)29/h7-8,11-12,18,22H,4-6,9-10,14-15H2,1-3H3,(H,27,32)(H,28,31). The molecule has 4 rings (SSSR count). The molecule has 2 heterocycles. The lowest BCUT2D eigenvalue weighted by Gasteiger charge is -2.35. The van der Waals surface area contributed by atoms with Gasteiger partial charge < -0.3 is 24.8 Å². The van der Waals surface area contributed by atoms with Crippen LogP contribution < -0.4 is 20.3 Å². The molecule has 2 amide bonds. The molecule has 0 spiro atoms. The predicted molar refractivity (Wildman–Crippen MR) is 127 cm³/mol. The minimum Gasteiger partial charge on any atom is -0.477 e. The van der Waals surface area contributed by atoms with Crippen molar-refractivity contribution in [2.24, 2.45) is 0 Å². The Balaban J connectivity index is 1.60. The number of carbonyl (C=O) groups is 2. The number of hydrogen-bond donors (Lipinski definition) is 2. The van der Waals surface area contributed by atoms with Gasteiger partial charge in [-0.2, -0.15) is 5.26 Å². The largest absolute Gasteiger partial charge is 0.477 e. The number of nitrogens with zero attached hydrogens (tertiary/aromatic N) is 3. The first-order valence-electron chi connectivity index (χ1n) is 11.6. The molecule has 0 bridgehead atoms. The van der Waals surface area contributed by atoms with E-state index in [-0.39, 0.29) is 30.9 Å². The topological polar surface area (TPSA) is 99.4 Å². The van der Waals surface area contributed by atoms with E-state index in [1.165, 1.54) is 6.42 Å². The maximum atomic E-state index is 13.2. The van der Waals surface area contributed by atoms with Gasteiger partial charge in [0.25, 0.3) is 5.91 Å². The molecular formula is C25H31N5O3. The normalized spacial score (nSPS) is 18.1. The smallest absolute Gasteiger partial charge is 0.262 e. The van der Waals surface area contributed by atoms with E-state index in [1.54, 1.807) is 13.1 Å². The molecule has 33 heavy (non-hydrogen) atoms. The highest BCUT2D eigenvalue weighted by atomic mass is 16.5. The molecule has 2 N–H and O–H groups in total. The van der Waals surface area contributed by atoms with Crippen molar-refractivity contribution in [3.8, 4) is 11.8 Å². The summed E-state index contributed by atoms with van der Waals surface area (Å²) >= 11 is 0. The van der Waals surface area contributed by atoms with Gasteiger partial charge >= 0.3 is 0 Å². The first-order valence-corrected chi connectivity index (χ1v) is 11.6. The summed E-state index contributed by atoms with van der Waals surface area (Å²) in [4.78, 5) is 27.3. The van der Waals surface area contributed by atoms with Gasteiger partial charge in [-0.1, -0.05) is 31.4 Å². The fourth-order valence-electron chi connectivity index (χ4n) is 4.98. The van der Waals surface area contributed by atoms with Gasteiger partial charge in [-0.05, 0) is 44.4 Å². The maximum Gasteiger partial charge on any atom is 0.262 e. The SMILES string of the molecule is CNC(=O)C1CN(CC(=O)Nc2c(C#N)c(C)c(C)n2C2CCCCC2)c2ccccc2O1. The van der Waals surface area contributed by atoms with Gasteiger partial charge in [0, 0.05) is 18.8 Å². The molecule has 1 atom stereocenters. The van der Waals surface area contributed by atoms with Crippen molar-refractivity contribution in [2.75, 3.05) is 30.4 Å². The van der Waals surface area contributed by atoms with Gasteiger partial charge in [-0.25, -0.2) is 0 Å². The zero-order chi connectivity index (χ0) is 23.5. The lowest BCUT2D eigenvalue weighted by molar-refractivity contribution is -0.127. The number of anilines is 2. The second-order valence-electron chi connectivity index (χ2n) is 8.82. The van der Waals surface area contributed by atoms with E-state index in [2.05, 4.69) is 21.3 Å². The first kappa shape index (κ1) is 22.7. The van der Waals surface area contributed by atoms with Crippen LogP contribution in [0.3, 0.4) is 0 Å². The highest BCUT2D eigenvalue weighted by Gasteiger charge is 2.32. The Labute approximate surface area is 194 Å². The number of benzene rings is 1. The van der Waals surface area contributed by atoms with Crippen LogP contribution in [-0.4, -0.2) is 42.6 Å². The van der Waals surface area contributed by atoms with E-state index < -0.39 is 6.10 Å². The van der Waals surface area contributed by atoms with E-state index in [9.17, 15) is 14.9 Å². The molecule has 1 aliphatic carbocycles. The Morgan fingerprint density at radius 2 is 1.91 bits per heavy atom. The molecule has 1 aromatic heterocycles. The molecule has 8 heteroatoms. The Bertz CT molecular complexity index is 1090. The highest BCUT2D eigenvalue weighted by molar-refractivity contribution is 5.95. The van der Waals surface area contributed by atoms with E-state index in [0.29, 0.717) is 17.1 Å². The number of nitriles is 1. The zero-order valence-electron chi connectivity index (χ0n) is 19.5. The summed E-state index contributed by atoms with van der Waals surface area (Å²) in [5.41, 5.74) is 3.24. The molecule has 2 aromatic rings. The summed E-state index contributed by atoms with van der Waals surface area (Å²) in [7, 11) is 1.57. The van der Waals surface area contributed by atoms with Gasteiger partial charge in [0.15, 0.2) is 6.10 Å². The molecule has 1 aromatic carbocycles. The Kier molecular flexibility index (Phi) is 6.59. The molecule has 1 saturated carbocycles. The lowest BCUT2D eigenvalue weighted by atomic mass is 9.95. The van der Waals surface area contributed by atoms with Gasteiger partial charge in [0.05, 0.1) is 24.3 Å². The number of para-hydroxylation sites is 2. The lowest BCUT2D eigenvalue weighted by Crippen LogP contribution is -2.50. The number of hydrogen-bond acceptors (Lipinski definition) is 5. The Morgan fingerprint density at radius 1 is 1.18 bits per heavy atom. The quantitative estimate of drug-likeness (QED) is 0.729. The fourth-order valence-corrected chi connectivity index (χ4v) is 4.98. The van der Waals surface area contributed by atoms with Gasteiger partial charge in [-0.3, -0.25) is 9.59 Å². The summed E-state index contributed by atoms with van der Waals surface area (Å²) in [5, 5.41) is 15.5. The zero-order valence-corrected chi connectivity index (χ0v) is 19.5. The molecule has 1 aliphatic heterocycles. The van der Waals surface area contributed by atoms with Gasteiger partial charge in [0.1, 0.15) is 17.6 Å². The fraction of sp³-hybridized carbons (Fsp3) is 0.480. The minimum atomic E-state index is -0.706. The molecule has 8 nitrogen and oxygen atoms in total. The van der Waals surface area contributed by atoms with Crippen molar-refractivity contribution in [3.63, 3.8) is 0 Å². The van der Waals surface area contributed by atoms with Crippen LogP contribution in [0.15, 0.2) is 24.3 Å². The van der Waals surface area contributed by atoms with Crippen LogP contribution >= 0.6 is 0 Å². The number of ether oxygens (including phenoxy) is 1. The maximum absolute atomic E-state index is 13.2. The number of fused-ring (bicyclic) bond motifs is 1. The van der Waals surface area contributed by atoms with E-state index >= 15 is 0 Å². The summed E-state index contributed by atoms with van der Waals surface area (Å²) in [6.07, 6.45) is 4.93. The third-order valence-electron chi connectivity index (χ3n) is 6.80. The molecule has 1 unspecified atom stereocenters. The number of likely N-dealkylation sites (N-methyl/N-ethyl adjacent to an activating group) is 1. The van der Waals surface area contributed by atoms with Crippen molar-refractivity contribution in [3.05, 3.63) is 41.1 Å². The summed E-state index contributed by atoms with van der Waals surface area (Å²) in [6, 6.07) is 9.97. The van der Waals surface area contributed by atoms with Crippen LogP contribution in [0.2, 0.25) is 0 Å². The second-order valence-corrected chi connectivity index (χ2v) is 8.82. The average molecular weight is 450 g/mol. The van der Waals surface area contributed by atoms with Gasteiger partial charge in [-0.15, -0.1) is 0 Å². The van der Waals surface area contributed by atoms with Crippen molar-refractivity contribution in [1.29, 1.82) is 5.26 Å². The van der Waals surface area contributed by atoms with E-state index in [0.717, 1.165) is 42.6 Å². The third kappa shape index (κ3) is 4.40. The van der Waals surface area contributed by atoms with Crippen molar-refractivity contribution in [2.45, 2.75) is 58.1 Å². The first-order chi connectivity index (χ1) is 15.9. The molecule has 174 valence electrons. The highest BCUT2D eigenvalue weighted by Crippen LogP contribution is 2.37. The number of nitrogens with one attached hydrogen (secondary N) is 2. The Hall–Kier alpha value is -3.47. The van der Waals surface area contributed by atoms with Crippen LogP contribution in [-0.2, 0) is 9.59 Å². The van der Waals surface area contributed by atoms with Crippen molar-refractivity contribution in [1.82, 2.24) is 9.88 Å². The molecule has 0 saturated heterocycles. The third-order valence-corrected chi connectivity index (χ3v) is 6.80. The number of amides is 2.